The zero-order chi connectivity index (χ0) is 19.4. The Hall–Kier alpha value is -2.21. The summed E-state index contributed by atoms with van der Waals surface area (Å²) in [6, 6.07) is 6.10. The van der Waals surface area contributed by atoms with Gasteiger partial charge >= 0.3 is 0 Å². The lowest BCUT2D eigenvalue weighted by Gasteiger charge is -2.36. The minimum atomic E-state index is 0.491. The monoisotopic (exact) mass is 390 g/mol. The van der Waals surface area contributed by atoms with E-state index in [1.54, 1.807) is 26.4 Å². The summed E-state index contributed by atoms with van der Waals surface area (Å²) in [5, 5.41) is 3.76. The number of halogens is 1. The van der Waals surface area contributed by atoms with Gasteiger partial charge in [0, 0.05) is 36.5 Å². The molecule has 1 atom stereocenters. The Labute approximate surface area is 165 Å². The Morgan fingerprint density at radius 3 is 2.63 bits per heavy atom. The highest BCUT2D eigenvalue weighted by Crippen LogP contribution is 2.37. The molecule has 0 aliphatic carbocycles. The van der Waals surface area contributed by atoms with Crippen LogP contribution < -0.4 is 19.7 Å². The van der Waals surface area contributed by atoms with Crippen molar-refractivity contribution in [3.63, 3.8) is 0 Å². The summed E-state index contributed by atoms with van der Waals surface area (Å²) in [5.41, 5.74) is 1.63. The molecule has 1 N–H and O–H groups in total. The molecule has 2 aromatic rings. The molecule has 27 heavy (non-hydrogen) atoms. The predicted molar refractivity (Wildman–Crippen MR) is 110 cm³/mol. The number of aromatic nitrogens is 2. The van der Waals surface area contributed by atoms with Crippen molar-refractivity contribution in [3.8, 4) is 11.5 Å². The van der Waals surface area contributed by atoms with Crippen LogP contribution in [0.2, 0.25) is 5.02 Å². The molecule has 1 unspecified atom stereocenters. The van der Waals surface area contributed by atoms with Gasteiger partial charge in [0.15, 0.2) is 0 Å². The summed E-state index contributed by atoms with van der Waals surface area (Å²) in [6.07, 6.45) is 4.81. The third kappa shape index (κ3) is 4.38. The molecule has 1 aliphatic rings. The molecular weight excluding hydrogens is 364 g/mol. The number of rotatable bonds is 6. The van der Waals surface area contributed by atoms with E-state index >= 15 is 0 Å². The number of benzene rings is 1. The minimum Gasteiger partial charge on any atom is -0.495 e. The van der Waals surface area contributed by atoms with Crippen LogP contribution in [0.25, 0.3) is 0 Å². The van der Waals surface area contributed by atoms with Gasteiger partial charge in [-0.05, 0) is 32.6 Å². The molecule has 0 saturated carbocycles. The molecule has 1 fully saturated rings. The summed E-state index contributed by atoms with van der Waals surface area (Å²) in [4.78, 5) is 11.7. The zero-order valence-corrected chi connectivity index (χ0v) is 17.1. The summed E-state index contributed by atoms with van der Waals surface area (Å²) in [5.74, 6) is 2.68. The van der Waals surface area contributed by atoms with E-state index in [4.69, 9.17) is 26.1 Å². The van der Waals surface area contributed by atoms with Gasteiger partial charge in [-0.2, -0.15) is 4.98 Å². The van der Waals surface area contributed by atoms with E-state index in [0.717, 1.165) is 24.5 Å². The number of nitrogens with one attached hydrogen (secondary N) is 1. The Bertz CT molecular complexity index is 800. The average molecular weight is 391 g/mol. The van der Waals surface area contributed by atoms with Crippen molar-refractivity contribution >= 4 is 29.1 Å². The lowest BCUT2D eigenvalue weighted by molar-refractivity contribution is 0.405. The van der Waals surface area contributed by atoms with Gasteiger partial charge in [-0.1, -0.05) is 18.5 Å². The SMILES string of the molecule is CCC1CCCCN1c1cc(C)nc(Nc2cc(OC)c(Cl)cc2OC)n1. The fourth-order valence-corrected chi connectivity index (χ4v) is 3.79. The molecule has 7 heteroatoms. The Morgan fingerprint density at radius 1 is 1.15 bits per heavy atom. The van der Waals surface area contributed by atoms with E-state index in [1.807, 2.05) is 6.92 Å². The van der Waals surface area contributed by atoms with Crippen molar-refractivity contribution in [2.45, 2.75) is 45.6 Å². The summed E-state index contributed by atoms with van der Waals surface area (Å²) in [7, 11) is 3.19. The van der Waals surface area contributed by atoms with Gasteiger partial charge in [-0.25, -0.2) is 4.98 Å². The summed E-state index contributed by atoms with van der Waals surface area (Å²) < 4.78 is 10.8. The lowest BCUT2D eigenvalue weighted by Crippen LogP contribution is -2.39. The van der Waals surface area contributed by atoms with Gasteiger partial charge in [-0.15, -0.1) is 0 Å². The molecule has 1 aromatic carbocycles. The van der Waals surface area contributed by atoms with Gasteiger partial charge in [0.05, 0.1) is 24.9 Å². The number of aryl methyl sites for hydroxylation is 1. The molecule has 146 valence electrons. The number of hydrogen-bond donors (Lipinski definition) is 1. The van der Waals surface area contributed by atoms with Crippen LogP contribution in [0.1, 0.15) is 38.3 Å². The van der Waals surface area contributed by atoms with Crippen molar-refractivity contribution in [2.75, 3.05) is 31.0 Å². The maximum atomic E-state index is 6.20. The molecule has 0 amide bonds. The van der Waals surface area contributed by atoms with Crippen molar-refractivity contribution < 1.29 is 9.47 Å². The molecular formula is C20H27ClN4O2. The summed E-state index contributed by atoms with van der Waals surface area (Å²) >= 11 is 6.20. The highest BCUT2D eigenvalue weighted by atomic mass is 35.5. The van der Waals surface area contributed by atoms with E-state index in [-0.39, 0.29) is 0 Å². The smallest absolute Gasteiger partial charge is 0.229 e. The number of anilines is 3. The normalized spacial score (nSPS) is 16.9. The van der Waals surface area contributed by atoms with E-state index in [0.29, 0.717) is 34.2 Å². The van der Waals surface area contributed by atoms with Gasteiger partial charge in [0.25, 0.3) is 0 Å². The van der Waals surface area contributed by atoms with E-state index in [9.17, 15) is 0 Å². The number of methoxy groups -OCH3 is 2. The second-order valence-electron chi connectivity index (χ2n) is 6.75. The second-order valence-corrected chi connectivity index (χ2v) is 7.16. The van der Waals surface area contributed by atoms with Crippen LogP contribution in [0, 0.1) is 6.92 Å². The van der Waals surface area contributed by atoms with Crippen LogP contribution in [-0.2, 0) is 0 Å². The molecule has 2 heterocycles. The fraction of sp³-hybridized carbons (Fsp3) is 0.500. The number of hydrogen-bond acceptors (Lipinski definition) is 6. The van der Waals surface area contributed by atoms with Gasteiger partial charge < -0.3 is 19.7 Å². The van der Waals surface area contributed by atoms with Gasteiger partial charge in [0.2, 0.25) is 5.95 Å². The quantitative estimate of drug-likeness (QED) is 0.751. The average Bonchev–Trinajstić information content (AvgIpc) is 2.68. The van der Waals surface area contributed by atoms with E-state index < -0.39 is 0 Å². The van der Waals surface area contributed by atoms with Crippen LogP contribution in [0.5, 0.6) is 11.5 Å². The molecule has 0 spiro atoms. The van der Waals surface area contributed by atoms with Crippen LogP contribution in [0.15, 0.2) is 18.2 Å². The Balaban J connectivity index is 1.93. The summed E-state index contributed by atoms with van der Waals surface area (Å²) in [6.45, 7) is 5.26. The molecule has 6 nitrogen and oxygen atoms in total. The second kappa shape index (κ2) is 8.65. The van der Waals surface area contributed by atoms with Gasteiger partial charge in [0.1, 0.15) is 17.3 Å². The van der Waals surface area contributed by atoms with Crippen molar-refractivity contribution in [1.29, 1.82) is 0 Å². The number of nitrogens with zero attached hydrogens (tertiary/aromatic N) is 3. The van der Waals surface area contributed by atoms with Gasteiger partial charge in [-0.3, -0.25) is 0 Å². The van der Waals surface area contributed by atoms with Crippen LogP contribution >= 0.6 is 11.6 Å². The van der Waals surface area contributed by atoms with Crippen molar-refractivity contribution in [2.24, 2.45) is 0 Å². The third-order valence-electron chi connectivity index (χ3n) is 4.95. The Morgan fingerprint density at radius 2 is 1.93 bits per heavy atom. The highest BCUT2D eigenvalue weighted by molar-refractivity contribution is 6.32. The molecule has 3 rings (SSSR count). The predicted octanol–water partition coefficient (Wildman–Crippen LogP) is 4.97. The highest BCUT2D eigenvalue weighted by Gasteiger charge is 2.23. The number of ether oxygens (including phenoxy) is 2. The minimum absolute atomic E-state index is 0.491. The molecule has 1 aromatic heterocycles. The van der Waals surface area contributed by atoms with Crippen LogP contribution in [0.3, 0.4) is 0 Å². The molecule has 0 bridgehead atoms. The van der Waals surface area contributed by atoms with Crippen LogP contribution in [-0.4, -0.2) is 36.8 Å². The first kappa shape index (κ1) is 19.5. The molecule has 1 saturated heterocycles. The molecule has 1 aliphatic heterocycles. The Kier molecular flexibility index (Phi) is 6.26. The maximum absolute atomic E-state index is 6.20. The van der Waals surface area contributed by atoms with Crippen molar-refractivity contribution in [3.05, 3.63) is 28.9 Å². The van der Waals surface area contributed by atoms with Crippen molar-refractivity contribution in [1.82, 2.24) is 9.97 Å². The van der Waals surface area contributed by atoms with E-state index in [2.05, 4.69) is 28.2 Å². The molecule has 0 radical (unpaired) electrons. The first-order chi connectivity index (χ1) is 13.0. The zero-order valence-electron chi connectivity index (χ0n) is 16.4. The largest absolute Gasteiger partial charge is 0.495 e. The topological polar surface area (TPSA) is 59.5 Å². The standard InChI is InChI=1S/C20H27ClN4O2/c1-5-14-8-6-7-9-25(14)19-10-13(2)22-20(24-19)23-16-12-17(26-3)15(21)11-18(16)27-4/h10-12,14H,5-9H2,1-4H3,(H,22,23,24). The third-order valence-corrected chi connectivity index (χ3v) is 5.25. The van der Waals surface area contributed by atoms with E-state index in [1.165, 1.54) is 19.3 Å². The first-order valence-corrected chi connectivity index (χ1v) is 9.74. The number of piperidine rings is 1. The fourth-order valence-electron chi connectivity index (χ4n) is 3.56. The van der Waals surface area contributed by atoms with Crippen LogP contribution in [0.4, 0.5) is 17.5 Å². The lowest BCUT2D eigenvalue weighted by atomic mass is 10.00. The first-order valence-electron chi connectivity index (χ1n) is 9.36. The maximum Gasteiger partial charge on any atom is 0.229 e.